The van der Waals surface area contributed by atoms with Gasteiger partial charge < -0.3 is 5.32 Å². The van der Waals surface area contributed by atoms with Crippen molar-refractivity contribution < 1.29 is 4.79 Å². The molecule has 0 unspecified atom stereocenters. The molecule has 2 heterocycles. The summed E-state index contributed by atoms with van der Waals surface area (Å²) >= 11 is 3.83. The highest BCUT2D eigenvalue weighted by Crippen LogP contribution is 2.49. The zero-order valence-corrected chi connectivity index (χ0v) is 18.0. The number of carbonyl (C=O) groups excluding carboxylic acids is 1. The second-order valence-corrected chi connectivity index (χ2v) is 9.59. The van der Waals surface area contributed by atoms with E-state index < -0.39 is 5.54 Å². The van der Waals surface area contributed by atoms with E-state index in [1.807, 2.05) is 19.1 Å². The lowest BCUT2D eigenvalue weighted by Gasteiger charge is -2.45. The topological polar surface area (TPSA) is 80.0 Å². The van der Waals surface area contributed by atoms with Gasteiger partial charge in [-0.05, 0) is 89.0 Å². The lowest BCUT2D eigenvalue weighted by atomic mass is 9.78. The summed E-state index contributed by atoms with van der Waals surface area (Å²) in [6.07, 6.45) is 2.13. The molecule has 27 heavy (non-hydrogen) atoms. The monoisotopic (exact) mass is 490 g/mol. The molecule has 2 aromatic rings. The van der Waals surface area contributed by atoms with E-state index in [4.69, 9.17) is 5.41 Å². The van der Waals surface area contributed by atoms with Crippen LogP contribution >= 0.6 is 33.9 Å². The summed E-state index contributed by atoms with van der Waals surface area (Å²) in [6.45, 7) is 2.04. The van der Waals surface area contributed by atoms with E-state index in [0.717, 1.165) is 32.4 Å². The number of nitrogens with one attached hydrogen (secondary N) is 2. The Bertz CT molecular complexity index is 990. The van der Waals surface area contributed by atoms with Crippen molar-refractivity contribution in [2.75, 3.05) is 7.05 Å². The Morgan fingerprint density at radius 2 is 2.07 bits per heavy atom. The van der Waals surface area contributed by atoms with Crippen LogP contribution in [0.4, 0.5) is 0 Å². The van der Waals surface area contributed by atoms with Gasteiger partial charge in [0.1, 0.15) is 0 Å². The maximum atomic E-state index is 12.9. The molecule has 7 heteroatoms. The SMILES string of the molecule is CN1C(=N)N[C@](C)(c2cc(-c3cc(I)cc(C#N)c3)cs2)[C@H](C2CC2)C1=O. The van der Waals surface area contributed by atoms with Crippen molar-refractivity contribution in [2.45, 2.75) is 25.3 Å². The van der Waals surface area contributed by atoms with Crippen LogP contribution in [-0.2, 0) is 10.3 Å². The maximum Gasteiger partial charge on any atom is 0.235 e. The van der Waals surface area contributed by atoms with Gasteiger partial charge in [-0.25, -0.2) is 0 Å². The van der Waals surface area contributed by atoms with Crippen molar-refractivity contribution in [1.29, 1.82) is 10.7 Å². The zero-order chi connectivity index (χ0) is 19.3. The molecule has 1 aromatic carbocycles. The van der Waals surface area contributed by atoms with Crippen molar-refractivity contribution in [2.24, 2.45) is 11.8 Å². The van der Waals surface area contributed by atoms with Gasteiger partial charge in [-0.1, -0.05) is 0 Å². The quantitative estimate of drug-likeness (QED) is 0.636. The largest absolute Gasteiger partial charge is 0.345 e. The van der Waals surface area contributed by atoms with Crippen LogP contribution in [0.1, 0.15) is 30.2 Å². The van der Waals surface area contributed by atoms with E-state index in [-0.39, 0.29) is 17.8 Å². The predicted octanol–water partition coefficient (Wildman–Crippen LogP) is 4.13. The number of carbonyl (C=O) groups is 1. The number of nitriles is 1. The molecule has 2 atom stereocenters. The van der Waals surface area contributed by atoms with E-state index in [1.54, 1.807) is 18.4 Å². The van der Waals surface area contributed by atoms with Crippen molar-refractivity contribution in [3.63, 3.8) is 0 Å². The first kappa shape index (κ1) is 18.4. The second kappa shape index (κ2) is 6.60. The Morgan fingerprint density at radius 3 is 2.74 bits per heavy atom. The first-order valence-corrected chi connectivity index (χ1v) is 10.7. The minimum atomic E-state index is -0.579. The summed E-state index contributed by atoms with van der Waals surface area (Å²) in [4.78, 5) is 15.4. The van der Waals surface area contributed by atoms with Crippen LogP contribution in [-0.4, -0.2) is 23.8 Å². The number of nitrogens with zero attached hydrogens (tertiary/aromatic N) is 2. The molecule has 1 aliphatic heterocycles. The van der Waals surface area contributed by atoms with E-state index in [0.29, 0.717) is 11.5 Å². The average molecular weight is 490 g/mol. The summed E-state index contributed by atoms with van der Waals surface area (Å²) < 4.78 is 1.02. The summed E-state index contributed by atoms with van der Waals surface area (Å²) in [5.41, 5.74) is 2.11. The number of halogens is 1. The molecule has 138 valence electrons. The van der Waals surface area contributed by atoms with E-state index in [2.05, 4.69) is 51.5 Å². The molecular formula is C20H19IN4OS. The smallest absolute Gasteiger partial charge is 0.235 e. The van der Waals surface area contributed by atoms with Crippen LogP contribution in [0.5, 0.6) is 0 Å². The molecule has 1 saturated carbocycles. The molecule has 0 radical (unpaired) electrons. The number of thiophene rings is 1. The molecular weight excluding hydrogens is 471 g/mol. The number of rotatable bonds is 3. The minimum absolute atomic E-state index is 0.0275. The lowest BCUT2D eigenvalue weighted by molar-refractivity contribution is -0.136. The van der Waals surface area contributed by atoms with Gasteiger partial charge in [0.05, 0.1) is 23.1 Å². The third-order valence-corrected chi connectivity index (χ3v) is 7.29. The lowest BCUT2D eigenvalue weighted by Crippen LogP contribution is -2.64. The van der Waals surface area contributed by atoms with Gasteiger partial charge in [0.2, 0.25) is 5.91 Å². The number of hydrogen-bond acceptors (Lipinski definition) is 4. The molecule has 5 nitrogen and oxygen atoms in total. The molecule has 1 saturated heterocycles. The number of guanidine groups is 1. The van der Waals surface area contributed by atoms with Crippen LogP contribution in [0.25, 0.3) is 11.1 Å². The van der Waals surface area contributed by atoms with E-state index in [1.165, 1.54) is 4.90 Å². The molecule has 2 fully saturated rings. The van der Waals surface area contributed by atoms with Gasteiger partial charge in [0.15, 0.2) is 5.96 Å². The molecule has 2 aliphatic rings. The van der Waals surface area contributed by atoms with Crippen molar-refractivity contribution in [3.8, 4) is 17.2 Å². The molecule has 1 amide bonds. The molecule has 0 bridgehead atoms. The molecule has 2 N–H and O–H groups in total. The Balaban J connectivity index is 1.75. The average Bonchev–Trinajstić information content (AvgIpc) is 3.32. The summed E-state index contributed by atoms with van der Waals surface area (Å²) in [7, 11) is 1.67. The molecule has 1 aliphatic carbocycles. The normalized spacial score (nSPS) is 25.3. The Hall–Kier alpha value is -1.92. The zero-order valence-electron chi connectivity index (χ0n) is 15.0. The fourth-order valence-electron chi connectivity index (χ4n) is 3.87. The third-order valence-electron chi connectivity index (χ3n) is 5.50. The first-order chi connectivity index (χ1) is 12.8. The van der Waals surface area contributed by atoms with Crippen LogP contribution in [0, 0.1) is 32.1 Å². The summed E-state index contributed by atoms with van der Waals surface area (Å²) in [5, 5.41) is 22.8. The second-order valence-electron chi connectivity index (χ2n) is 7.43. The standard InChI is InChI=1S/C20H19IN4OS/c1-20(17(12-3-4-12)18(26)25(2)19(23)24-20)16-8-14(10-27-16)13-5-11(9-22)6-15(21)7-13/h5-8,10,12,17H,3-4H2,1-2H3,(H2,23,24)/t17-,20-/m1/s1. The highest BCUT2D eigenvalue weighted by Gasteiger charge is 2.54. The fraction of sp³-hybridized carbons (Fsp3) is 0.350. The number of benzene rings is 1. The fourth-order valence-corrected chi connectivity index (χ4v) is 5.62. The van der Waals surface area contributed by atoms with Crippen molar-refractivity contribution >= 4 is 45.8 Å². The van der Waals surface area contributed by atoms with Crippen LogP contribution in [0.2, 0.25) is 0 Å². The van der Waals surface area contributed by atoms with Gasteiger partial charge in [0, 0.05) is 15.5 Å². The molecule has 0 spiro atoms. The van der Waals surface area contributed by atoms with E-state index in [9.17, 15) is 10.1 Å². The van der Waals surface area contributed by atoms with Gasteiger partial charge in [-0.3, -0.25) is 15.1 Å². The Morgan fingerprint density at radius 1 is 1.33 bits per heavy atom. The third kappa shape index (κ3) is 3.15. The van der Waals surface area contributed by atoms with Crippen molar-refractivity contribution in [1.82, 2.24) is 10.2 Å². The minimum Gasteiger partial charge on any atom is -0.345 e. The van der Waals surface area contributed by atoms with E-state index >= 15 is 0 Å². The molecule has 4 rings (SSSR count). The summed E-state index contributed by atoms with van der Waals surface area (Å²) in [5.74, 6) is 0.391. The van der Waals surface area contributed by atoms with Gasteiger partial charge >= 0.3 is 0 Å². The highest BCUT2D eigenvalue weighted by atomic mass is 127. The van der Waals surface area contributed by atoms with Crippen LogP contribution in [0.3, 0.4) is 0 Å². The Labute approximate surface area is 176 Å². The van der Waals surface area contributed by atoms with Crippen molar-refractivity contribution in [3.05, 3.63) is 43.7 Å². The highest BCUT2D eigenvalue weighted by molar-refractivity contribution is 14.1. The predicted molar refractivity (Wildman–Crippen MR) is 114 cm³/mol. The van der Waals surface area contributed by atoms with Gasteiger partial charge in [-0.15, -0.1) is 11.3 Å². The summed E-state index contributed by atoms with van der Waals surface area (Å²) in [6, 6.07) is 10.1. The number of amides is 1. The molecule has 1 aromatic heterocycles. The Kier molecular flexibility index (Phi) is 4.51. The van der Waals surface area contributed by atoms with Crippen LogP contribution in [0.15, 0.2) is 29.6 Å². The first-order valence-electron chi connectivity index (χ1n) is 8.78. The van der Waals surface area contributed by atoms with Gasteiger partial charge in [0.25, 0.3) is 0 Å². The number of hydrogen-bond donors (Lipinski definition) is 2. The van der Waals surface area contributed by atoms with Gasteiger partial charge in [-0.2, -0.15) is 5.26 Å². The van der Waals surface area contributed by atoms with Crippen LogP contribution < -0.4 is 5.32 Å². The maximum absolute atomic E-state index is 12.9.